The molecule has 1 aliphatic heterocycles. The third-order valence-electron chi connectivity index (χ3n) is 7.78. The third kappa shape index (κ3) is 6.18. The molecule has 8 nitrogen and oxygen atoms in total. The number of fused-ring (bicyclic) bond motifs is 1. The van der Waals surface area contributed by atoms with Crippen molar-refractivity contribution in [2.45, 2.75) is 73.0 Å². The summed E-state index contributed by atoms with van der Waals surface area (Å²) < 4.78 is 57.5. The van der Waals surface area contributed by atoms with E-state index in [1.165, 1.54) is 18.0 Å². The quantitative estimate of drug-likeness (QED) is 0.287. The molecule has 5 rings (SSSR count). The van der Waals surface area contributed by atoms with Crippen molar-refractivity contribution in [1.82, 2.24) is 19.7 Å². The number of aliphatic hydroxyl groups is 1. The lowest BCUT2D eigenvalue weighted by Crippen LogP contribution is -2.50. The van der Waals surface area contributed by atoms with Crippen molar-refractivity contribution in [2.75, 3.05) is 23.7 Å². The van der Waals surface area contributed by atoms with E-state index in [1.807, 2.05) is 32.9 Å². The van der Waals surface area contributed by atoms with Gasteiger partial charge in [-0.3, -0.25) is 0 Å². The number of nitrogens with one attached hydrogen (secondary N) is 1. The van der Waals surface area contributed by atoms with Crippen LogP contribution < -0.4 is 15.4 Å². The van der Waals surface area contributed by atoms with Crippen LogP contribution in [0, 0.1) is 5.41 Å². The van der Waals surface area contributed by atoms with Gasteiger partial charge in [-0.05, 0) is 57.2 Å². The van der Waals surface area contributed by atoms with Crippen molar-refractivity contribution in [3.8, 4) is 0 Å². The maximum absolute atomic E-state index is 13.8. The first-order chi connectivity index (χ1) is 19.7. The first kappa shape index (κ1) is 31.1. The van der Waals surface area contributed by atoms with Gasteiger partial charge in [-0.2, -0.15) is 13.2 Å². The van der Waals surface area contributed by atoms with Crippen molar-refractivity contribution in [3.63, 3.8) is 0 Å². The van der Waals surface area contributed by atoms with Gasteiger partial charge in [-0.15, -0.1) is 4.72 Å². The molecule has 1 spiro atoms. The Morgan fingerprint density at radius 3 is 2.55 bits per heavy atom. The Morgan fingerprint density at radius 2 is 1.88 bits per heavy atom. The molecule has 0 saturated carbocycles. The lowest BCUT2D eigenvalue weighted by Gasteiger charge is -2.44. The van der Waals surface area contributed by atoms with Crippen LogP contribution >= 0.6 is 23.4 Å². The Labute approximate surface area is 255 Å². The van der Waals surface area contributed by atoms with Gasteiger partial charge in [0, 0.05) is 41.0 Å². The number of aromatic nitrogens is 3. The van der Waals surface area contributed by atoms with Crippen molar-refractivity contribution in [2.24, 2.45) is 5.41 Å². The van der Waals surface area contributed by atoms with Crippen LogP contribution in [-0.2, 0) is 17.8 Å². The number of nitrogen functional groups attached to an aromatic ring is 1. The summed E-state index contributed by atoms with van der Waals surface area (Å²) in [5.74, 6) is 0.0647. The predicted octanol–water partition coefficient (Wildman–Crippen LogP) is 5.79. The lowest BCUT2D eigenvalue weighted by atomic mass is 9.73. The SMILES string of the molecule is CC(C)(C)[S+]([O-])N[C@@H]1c2ccccc2CC12CCN(c1ncc(Sc3ccnc(N)c3Cl)nc1C(O)C(F)(F)F)CC2. The molecule has 2 aliphatic rings. The van der Waals surface area contributed by atoms with Crippen LogP contribution in [0.15, 0.2) is 52.6 Å². The van der Waals surface area contributed by atoms with Crippen molar-refractivity contribution in [1.29, 1.82) is 0 Å². The zero-order chi connectivity index (χ0) is 30.4. The summed E-state index contributed by atoms with van der Waals surface area (Å²) in [6.07, 6.45) is -2.97. The Balaban J connectivity index is 1.42. The van der Waals surface area contributed by atoms with E-state index in [0.717, 1.165) is 23.7 Å². The second kappa shape index (κ2) is 11.7. The second-order valence-corrected chi connectivity index (χ2v) is 15.1. The van der Waals surface area contributed by atoms with Gasteiger partial charge in [0.1, 0.15) is 21.3 Å². The zero-order valence-electron chi connectivity index (χ0n) is 23.3. The molecule has 42 heavy (non-hydrogen) atoms. The molecule has 3 heterocycles. The van der Waals surface area contributed by atoms with Crippen molar-refractivity contribution >= 4 is 46.4 Å². The van der Waals surface area contributed by atoms with Gasteiger partial charge in [0.25, 0.3) is 0 Å². The number of hydrogen-bond acceptors (Lipinski definition) is 9. The standard InChI is InChI=1S/C28H32ClF3N6O2S2/c1-26(2,3)42(40)37-22-17-7-5-4-6-16(17)14-27(22)9-12-38(13-10-27)25-21(23(39)28(30,31)32)36-19(15-35-25)41-18-8-11-34-24(33)20(18)29/h4-8,11,15,22-23,37,39H,9-10,12-14H2,1-3H3,(H2,33,34)/t22-,23?,42?/m1/s1. The van der Waals surface area contributed by atoms with Crippen molar-refractivity contribution < 1.29 is 22.8 Å². The number of benzene rings is 1. The normalized spacial score (nSPS) is 20.0. The Bertz CT molecular complexity index is 1450. The van der Waals surface area contributed by atoms with Crippen LogP contribution in [0.2, 0.25) is 5.02 Å². The molecule has 0 amide bonds. The van der Waals surface area contributed by atoms with E-state index >= 15 is 0 Å². The number of hydrogen-bond donors (Lipinski definition) is 3. The van der Waals surface area contributed by atoms with E-state index in [1.54, 1.807) is 11.0 Å². The number of pyridine rings is 1. The van der Waals surface area contributed by atoms with E-state index in [2.05, 4.69) is 31.8 Å². The van der Waals surface area contributed by atoms with Gasteiger partial charge in [0.2, 0.25) is 0 Å². The molecule has 3 atom stereocenters. The van der Waals surface area contributed by atoms with Crippen LogP contribution in [0.4, 0.5) is 24.8 Å². The van der Waals surface area contributed by atoms with Crippen LogP contribution in [0.3, 0.4) is 0 Å². The molecule has 1 aromatic carbocycles. The molecular formula is C28H32ClF3N6O2S2. The van der Waals surface area contributed by atoms with Gasteiger partial charge in [0.15, 0.2) is 11.9 Å². The summed E-state index contributed by atoms with van der Waals surface area (Å²) in [5, 5.41) is 10.6. The van der Waals surface area contributed by atoms with Gasteiger partial charge in [-0.1, -0.05) is 47.6 Å². The maximum Gasteiger partial charge on any atom is 0.420 e. The highest BCUT2D eigenvalue weighted by Gasteiger charge is 2.51. The minimum absolute atomic E-state index is 0.0161. The summed E-state index contributed by atoms with van der Waals surface area (Å²) in [4.78, 5) is 14.7. The molecule has 1 fully saturated rings. The number of alkyl halides is 3. The molecular weight excluding hydrogens is 609 g/mol. The number of piperidine rings is 1. The van der Waals surface area contributed by atoms with E-state index < -0.39 is 34.1 Å². The average Bonchev–Trinajstić information content (AvgIpc) is 3.22. The predicted molar refractivity (Wildman–Crippen MR) is 159 cm³/mol. The van der Waals surface area contributed by atoms with Crippen LogP contribution in [-0.4, -0.2) is 48.6 Å². The number of halogens is 4. The molecule has 14 heteroatoms. The molecule has 3 aromatic rings. The Morgan fingerprint density at radius 1 is 1.19 bits per heavy atom. The summed E-state index contributed by atoms with van der Waals surface area (Å²) in [7, 11) is 0. The molecule has 0 bridgehead atoms. The largest absolute Gasteiger partial charge is 0.598 e. The van der Waals surface area contributed by atoms with Crippen molar-refractivity contribution in [3.05, 3.63) is 64.6 Å². The fraction of sp³-hybridized carbons (Fsp3) is 0.464. The van der Waals surface area contributed by atoms with Gasteiger partial charge < -0.3 is 20.3 Å². The van der Waals surface area contributed by atoms with Crippen LogP contribution in [0.1, 0.15) is 62.6 Å². The summed E-state index contributed by atoms with van der Waals surface area (Å²) in [6.45, 7) is 6.52. The minimum Gasteiger partial charge on any atom is -0.598 e. The highest BCUT2D eigenvalue weighted by Crippen LogP contribution is 2.53. The average molecular weight is 641 g/mol. The Hall–Kier alpha value is -2.29. The highest BCUT2D eigenvalue weighted by molar-refractivity contribution is 7.99. The minimum atomic E-state index is -4.94. The van der Waals surface area contributed by atoms with Crippen LogP contribution in [0.5, 0.6) is 0 Å². The molecule has 226 valence electrons. The second-order valence-electron chi connectivity index (χ2n) is 11.6. The van der Waals surface area contributed by atoms with Gasteiger partial charge >= 0.3 is 6.18 Å². The topological polar surface area (TPSA) is 123 Å². The summed E-state index contributed by atoms with van der Waals surface area (Å²) >= 11 is 5.88. The molecule has 0 radical (unpaired) electrons. The zero-order valence-corrected chi connectivity index (χ0v) is 25.7. The first-order valence-corrected chi connectivity index (χ1v) is 15.7. The highest BCUT2D eigenvalue weighted by atomic mass is 35.5. The van der Waals surface area contributed by atoms with Gasteiger partial charge in [0.05, 0.1) is 17.3 Å². The molecule has 4 N–H and O–H groups in total. The fourth-order valence-electron chi connectivity index (χ4n) is 5.53. The fourth-order valence-corrected chi connectivity index (χ4v) is 7.50. The van der Waals surface area contributed by atoms with E-state index in [9.17, 15) is 22.8 Å². The lowest BCUT2D eigenvalue weighted by molar-refractivity contribution is -0.208. The smallest absolute Gasteiger partial charge is 0.420 e. The molecule has 1 aliphatic carbocycles. The Kier molecular flexibility index (Phi) is 8.65. The van der Waals surface area contributed by atoms with E-state index in [-0.39, 0.29) is 33.1 Å². The molecule has 2 unspecified atom stereocenters. The van der Waals surface area contributed by atoms with Gasteiger partial charge in [-0.25, -0.2) is 15.0 Å². The molecule has 1 saturated heterocycles. The third-order valence-corrected chi connectivity index (χ3v) is 10.8. The monoisotopic (exact) mass is 640 g/mol. The van der Waals surface area contributed by atoms with Crippen LogP contribution in [0.25, 0.3) is 0 Å². The summed E-state index contributed by atoms with van der Waals surface area (Å²) in [5.41, 5.74) is 7.20. The first-order valence-electron chi connectivity index (χ1n) is 13.4. The maximum atomic E-state index is 13.8. The van der Waals surface area contributed by atoms with E-state index in [0.29, 0.717) is 30.8 Å². The van der Waals surface area contributed by atoms with E-state index in [4.69, 9.17) is 17.3 Å². The number of nitrogens with zero attached hydrogens (tertiary/aromatic N) is 4. The number of anilines is 2. The summed E-state index contributed by atoms with van der Waals surface area (Å²) in [6, 6.07) is 9.48. The number of rotatable bonds is 6. The number of aliphatic hydroxyl groups excluding tert-OH is 1. The number of nitrogens with two attached hydrogens (primary N) is 1. The molecule has 2 aromatic heterocycles.